The number of anilines is 1. The van der Waals surface area contributed by atoms with E-state index in [1.807, 2.05) is 0 Å². The number of aromatic nitrogens is 1. The molecule has 0 fully saturated rings. The fourth-order valence-electron chi connectivity index (χ4n) is 1.50. The summed E-state index contributed by atoms with van der Waals surface area (Å²) in [5.74, 6) is -0.982. The van der Waals surface area contributed by atoms with Gasteiger partial charge in [0.15, 0.2) is 0 Å². The second-order valence-electron chi connectivity index (χ2n) is 4.21. The Morgan fingerprint density at radius 1 is 1.50 bits per heavy atom. The fraction of sp³-hybridized carbons (Fsp3) is 0.417. The molecule has 3 N–H and O–H groups in total. The van der Waals surface area contributed by atoms with E-state index in [1.54, 1.807) is 30.3 Å². The minimum atomic E-state index is -1.05. The third-order valence-corrected chi connectivity index (χ3v) is 2.46. The van der Waals surface area contributed by atoms with Crippen molar-refractivity contribution in [2.75, 3.05) is 18.5 Å². The van der Waals surface area contributed by atoms with Gasteiger partial charge in [-0.1, -0.05) is 0 Å². The molecule has 0 aliphatic rings. The van der Waals surface area contributed by atoms with Gasteiger partial charge in [0.1, 0.15) is 11.8 Å². The molecule has 6 nitrogen and oxygen atoms in total. The number of nitrogens with two attached hydrogens (primary N) is 1. The van der Waals surface area contributed by atoms with E-state index in [0.717, 1.165) is 5.69 Å². The van der Waals surface area contributed by atoms with E-state index in [0.29, 0.717) is 12.2 Å². The van der Waals surface area contributed by atoms with Crippen molar-refractivity contribution >= 4 is 17.4 Å². The summed E-state index contributed by atoms with van der Waals surface area (Å²) in [6.07, 6.45) is 1.79. The molecule has 0 bridgehead atoms. The van der Waals surface area contributed by atoms with Crippen LogP contribution in [-0.2, 0) is 16.0 Å². The lowest BCUT2D eigenvalue weighted by molar-refractivity contribution is -0.138. The molecule has 0 radical (unpaired) electrons. The van der Waals surface area contributed by atoms with Gasteiger partial charge in [0.25, 0.3) is 0 Å². The zero-order valence-electron chi connectivity index (χ0n) is 10.5. The van der Waals surface area contributed by atoms with Gasteiger partial charge in [-0.25, -0.2) is 0 Å². The van der Waals surface area contributed by atoms with Gasteiger partial charge < -0.3 is 15.7 Å². The first kappa shape index (κ1) is 14.1. The van der Waals surface area contributed by atoms with E-state index < -0.39 is 12.0 Å². The Morgan fingerprint density at radius 3 is 2.61 bits per heavy atom. The Hall–Kier alpha value is -1.95. The summed E-state index contributed by atoms with van der Waals surface area (Å²) in [5, 5.41) is 8.69. The number of pyridine rings is 1. The number of Topliss-reactive ketones (excluding diaryl/α,β-unsaturated/α-hetero) is 1. The van der Waals surface area contributed by atoms with Crippen LogP contribution in [0.2, 0.25) is 0 Å². The number of aliphatic carboxylic acids is 1. The first-order chi connectivity index (χ1) is 8.40. The van der Waals surface area contributed by atoms with Crippen LogP contribution in [0.1, 0.15) is 12.6 Å². The number of carbonyl (C=O) groups excluding carboxylic acids is 1. The van der Waals surface area contributed by atoms with Crippen LogP contribution in [-0.4, -0.2) is 41.5 Å². The summed E-state index contributed by atoms with van der Waals surface area (Å²) in [5.41, 5.74) is 6.84. The molecule has 1 aromatic heterocycles. The fourth-order valence-corrected chi connectivity index (χ4v) is 1.50. The number of hydrogen-bond acceptors (Lipinski definition) is 5. The number of rotatable bonds is 6. The Labute approximate surface area is 105 Å². The Morgan fingerprint density at radius 2 is 2.17 bits per heavy atom. The van der Waals surface area contributed by atoms with Crippen molar-refractivity contribution in [2.24, 2.45) is 5.73 Å². The summed E-state index contributed by atoms with van der Waals surface area (Å²) in [4.78, 5) is 27.5. The SMILES string of the molecule is CC(=O)CN(C)c1ccc(CC(N)C(=O)O)nc1. The minimum absolute atomic E-state index is 0.0643. The van der Waals surface area contributed by atoms with E-state index in [2.05, 4.69) is 4.98 Å². The highest BCUT2D eigenvalue weighted by Gasteiger charge is 2.13. The van der Waals surface area contributed by atoms with Gasteiger partial charge in [0, 0.05) is 19.2 Å². The van der Waals surface area contributed by atoms with Crippen LogP contribution in [0.15, 0.2) is 18.3 Å². The van der Waals surface area contributed by atoms with Crippen LogP contribution in [0.5, 0.6) is 0 Å². The minimum Gasteiger partial charge on any atom is -0.480 e. The van der Waals surface area contributed by atoms with E-state index in [-0.39, 0.29) is 12.2 Å². The normalized spacial score (nSPS) is 11.9. The third kappa shape index (κ3) is 4.14. The van der Waals surface area contributed by atoms with Gasteiger partial charge in [0.2, 0.25) is 0 Å². The summed E-state index contributed by atoms with van der Waals surface area (Å²) < 4.78 is 0. The van der Waals surface area contributed by atoms with Gasteiger partial charge in [-0.3, -0.25) is 14.6 Å². The molecule has 0 aliphatic heterocycles. The van der Waals surface area contributed by atoms with Crippen molar-refractivity contribution in [1.82, 2.24) is 4.98 Å². The molecule has 0 saturated carbocycles. The summed E-state index contributed by atoms with van der Waals surface area (Å²) in [6.45, 7) is 1.83. The van der Waals surface area contributed by atoms with Crippen LogP contribution >= 0.6 is 0 Å². The molecule has 0 aromatic carbocycles. The lowest BCUT2D eigenvalue weighted by Gasteiger charge is -2.17. The average Bonchev–Trinajstić information content (AvgIpc) is 2.28. The molecule has 0 amide bonds. The highest BCUT2D eigenvalue weighted by molar-refractivity contribution is 5.80. The smallest absolute Gasteiger partial charge is 0.320 e. The van der Waals surface area contributed by atoms with E-state index in [4.69, 9.17) is 10.8 Å². The molecule has 1 heterocycles. The first-order valence-corrected chi connectivity index (χ1v) is 5.54. The molecule has 98 valence electrons. The number of nitrogens with zero attached hydrogens (tertiary/aromatic N) is 2. The molecule has 18 heavy (non-hydrogen) atoms. The van der Waals surface area contributed by atoms with Crippen molar-refractivity contribution < 1.29 is 14.7 Å². The molecular weight excluding hydrogens is 234 g/mol. The second-order valence-corrected chi connectivity index (χ2v) is 4.21. The van der Waals surface area contributed by atoms with Crippen molar-refractivity contribution in [2.45, 2.75) is 19.4 Å². The molecule has 0 aliphatic carbocycles. The Kier molecular flexibility index (Phi) is 4.79. The first-order valence-electron chi connectivity index (χ1n) is 5.54. The molecule has 0 saturated heterocycles. The molecular formula is C12H17N3O3. The lowest BCUT2D eigenvalue weighted by Crippen LogP contribution is -2.32. The van der Waals surface area contributed by atoms with E-state index >= 15 is 0 Å². The number of carboxylic acids is 1. The van der Waals surface area contributed by atoms with Gasteiger partial charge in [-0.05, 0) is 19.1 Å². The van der Waals surface area contributed by atoms with E-state index in [9.17, 15) is 9.59 Å². The third-order valence-electron chi connectivity index (χ3n) is 2.46. The standard InChI is InChI=1S/C12H17N3O3/c1-8(16)7-15(2)10-4-3-9(14-6-10)5-11(13)12(17)18/h3-4,6,11H,5,7,13H2,1-2H3,(H,17,18). The van der Waals surface area contributed by atoms with Crippen LogP contribution < -0.4 is 10.6 Å². The summed E-state index contributed by atoms with van der Waals surface area (Å²) >= 11 is 0. The molecule has 0 spiro atoms. The van der Waals surface area contributed by atoms with Gasteiger partial charge >= 0.3 is 5.97 Å². The highest BCUT2D eigenvalue weighted by Crippen LogP contribution is 2.11. The zero-order chi connectivity index (χ0) is 13.7. The maximum Gasteiger partial charge on any atom is 0.320 e. The summed E-state index contributed by atoms with van der Waals surface area (Å²) in [7, 11) is 1.79. The molecule has 1 aromatic rings. The van der Waals surface area contributed by atoms with Crippen molar-refractivity contribution in [3.8, 4) is 0 Å². The van der Waals surface area contributed by atoms with Crippen LogP contribution in [0, 0.1) is 0 Å². The molecule has 1 atom stereocenters. The number of carboxylic acid groups (broad SMARTS) is 1. The van der Waals surface area contributed by atoms with Crippen LogP contribution in [0.3, 0.4) is 0 Å². The van der Waals surface area contributed by atoms with Crippen molar-refractivity contribution in [3.63, 3.8) is 0 Å². The maximum absolute atomic E-state index is 11.0. The molecule has 1 rings (SSSR count). The van der Waals surface area contributed by atoms with Crippen molar-refractivity contribution in [3.05, 3.63) is 24.0 Å². The lowest BCUT2D eigenvalue weighted by atomic mass is 10.1. The van der Waals surface area contributed by atoms with Gasteiger partial charge in [-0.15, -0.1) is 0 Å². The van der Waals surface area contributed by atoms with E-state index in [1.165, 1.54) is 6.92 Å². The zero-order valence-corrected chi connectivity index (χ0v) is 10.5. The molecule has 6 heteroatoms. The Balaban J connectivity index is 2.68. The predicted octanol–water partition coefficient (Wildman–Crippen LogP) is 0.0612. The second kappa shape index (κ2) is 6.11. The largest absolute Gasteiger partial charge is 0.480 e. The maximum atomic E-state index is 11.0. The highest BCUT2D eigenvalue weighted by atomic mass is 16.4. The number of likely N-dealkylation sites (N-methyl/N-ethyl adjacent to an activating group) is 1. The average molecular weight is 251 g/mol. The van der Waals surface area contributed by atoms with Crippen molar-refractivity contribution in [1.29, 1.82) is 0 Å². The number of carbonyl (C=O) groups is 2. The van der Waals surface area contributed by atoms with Crippen LogP contribution in [0.4, 0.5) is 5.69 Å². The van der Waals surface area contributed by atoms with Gasteiger partial charge in [-0.2, -0.15) is 0 Å². The predicted molar refractivity (Wildman–Crippen MR) is 67.5 cm³/mol. The Bertz CT molecular complexity index is 431. The van der Waals surface area contributed by atoms with Gasteiger partial charge in [0.05, 0.1) is 18.4 Å². The quantitative estimate of drug-likeness (QED) is 0.742. The van der Waals surface area contributed by atoms with Crippen LogP contribution in [0.25, 0.3) is 0 Å². The summed E-state index contributed by atoms with van der Waals surface area (Å²) in [6, 6.07) is 2.56. The topological polar surface area (TPSA) is 96.5 Å². The number of ketones is 1. The molecule has 1 unspecified atom stereocenters. The monoisotopic (exact) mass is 251 g/mol. The number of hydrogen-bond donors (Lipinski definition) is 2.